The lowest BCUT2D eigenvalue weighted by Gasteiger charge is -2.25. The number of carbonyl (C=O) groups is 1. The number of thiazole rings is 1. The van der Waals surface area contributed by atoms with Crippen molar-refractivity contribution in [3.63, 3.8) is 0 Å². The number of aromatic nitrogens is 1. The average molecular weight is 720 g/mol. The monoisotopic (exact) mass is 718 g/mol. The normalized spacial score (nSPS) is 14.4. The number of ether oxygens (including phenoxy) is 3. The Morgan fingerprint density at radius 2 is 1.65 bits per heavy atom. The van der Waals surface area contributed by atoms with Gasteiger partial charge in [-0.25, -0.2) is 9.79 Å². The lowest BCUT2D eigenvalue weighted by molar-refractivity contribution is -0.138. The van der Waals surface area contributed by atoms with E-state index in [0.717, 1.165) is 16.7 Å². The van der Waals surface area contributed by atoms with Crippen LogP contribution in [-0.2, 0) is 16.1 Å². The van der Waals surface area contributed by atoms with E-state index in [9.17, 15) is 9.59 Å². The minimum Gasteiger partial charge on any atom is -0.490 e. The molecule has 244 valence electrons. The zero-order valence-corrected chi connectivity index (χ0v) is 29.0. The molecule has 1 aliphatic rings. The third kappa shape index (κ3) is 7.08. The first kappa shape index (κ1) is 33.6. The first-order valence-corrected chi connectivity index (χ1v) is 17.1. The van der Waals surface area contributed by atoms with Crippen molar-refractivity contribution in [3.05, 3.63) is 154 Å². The third-order valence-corrected chi connectivity index (χ3v) is 9.48. The van der Waals surface area contributed by atoms with E-state index < -0.39 is 12.0 Å². The van der Waals surface area contributed by atoms with Crippen molar-refractivity contribution in [3.8, 4) is 11.5 Å². The molecule has 1 aliphatic heterocycles. The summed E-state index contributed by atoms with van der Waals surface area (Å²) in [6.45, 7) is 4.46. The maximum atomic E-state index is 14.2. The van der Waals surface area contributed by atoms with Gasteiger partial charge in [-0.3, -0.25) is 9.36 Å². The number of nitrogens with zero attached hydrogens (tertiary/aromatic N) is 2. The van der Waals surface area contributed by atoms with Crippen LogP contribution in [0.3, 0.4) is 0 Å². The lowest BCUT2D eigenvalue weighted by Crippen LogP contribution is -2.40. The van der Waals surface area contributed by atoms with Gasteiger partial charge in [-0.2, -0.15) is 0 Å². The van der Waals surface area contributed by atoms with Gasteiger partial charge in [-0.1, -0.05) is 101 Å². The van der Waals surface area contributed by atoms with Gasteiger partial charge in [0, 0.05) is 10.6 Å². The Hall–Kier alpha value is -4.34. The molecule has 0 fully saturated rings. The van der Waals surface area contributed by atoms with Gasteiger partial charge >= 0.3 is 5.97 Å². The second kappa shape index (κ2) is 14.8. The molecule has 48 heavy (non-hydrogen) atoms. The van der Waals surface area contributed by atoms with Gasteiger partial charge < -0.3 is 14.2 Å². The molecule has 2 heterocycles. The Kier molecular flexibility index (Phi) is 10.4. The van der Waals surface area contributed by atoms with E-state index in [1.807, 2.05) is 67.6 Å². The van der Waals surface area contributed by atoms with Crippen molar-refractivity contribution in [1.29, 1.82) is 0 Å². The molecule has 0 amide bonds. The minimum absolute atomic E-state index is 0.164. The Morgan fingerprint density at radius 1 is 0.875 bits per heavy atom. The molecule has 0 saturated heterocycles. The van der Waals surface area contributed by atoms with E-state index in [1.165, 1.54) is 11.3 Å². The molecule has 5 aromatic rings. The largest absolute Gasteiger partial charge is 0.490 e. The highest BCUT2D eigenvalue weighted by molar-refractivity contribution is 7.07. The van der Waals surface area contributed by atoms with E-state index in [1.54, 1.807) is 47.9 Å². The number of hydrogen-bond acceptors (Lipinski definition) is 7. The minimum atomic E-state index is -0.800. The van der Waals surface area contributed by atoms with Gasteiger partial charge in [0.25, 0.3) is 5.56 Å². The standard InChI is InChI=1S/C37H29Cl3N2O5S/c1-3-45-30-19-22(11-17-29(30)47-21-23-10-16-27(39)28(40)18-23)20-31-35(43)42-34(25-12-14-26(38)15-13-25)32(36(44)46-4-2)33(41-37(42)48-31)24-8-6-5-7-9-24/h5-20,34H,3-4,21H2,1-2H3/b31-20-/t34-/m1/s1. The SMILES string of the molecule is CCOC(=O)C1=C(c2ccccc2)N=c2s/c(=C\c3ccc(OCc4ccc(Cl)c(Cl)c4)c(OCC)c3)c(=O)n2[C@@H]1c1ccc(Cl)cc1. The molecular formula is C37H29Cl3N2O5S. The van der Waals surface area contributed by atoms with E-state index >= 15 is 0 Å². The summed E-state index contributed by atoms with van der Waals surface area (Å²) in [7, 11) is 0. The summed E-state index contributed by atoms with van der Waals surface area (Å²) in [5, 5.41) is 1.45. The fourth-order valence-electron chi connectivity index (χ4n) is 5.34. The summed E-state index contributed by atoms with van der Waals surface area (Å²) in [6, 6.07) is 26.5. The van der Waals surface area contributed by atoms with Gasteiger partial charge in [-0.05, 0) is 73.0 Å². The summed E-state index contributed by atoms with van der Waals surface area (Å²) >= 11 is 19.7. The second-order valence-electron chi connectivity index (χ2n) is 10.7. The van der Waals surface area contributed by atoms with Crippen LogP contribution < -0.4 is 24.4 Å². The smallest absolute Gasteiger partial charge is 0.338 e. The Bertz CT molecular complexity index is 2200. The molecule has 0 bridgehead atoms. The molecule has 4 aromatic carbocycles. The highest BCUT2D eigenvalue weighted by atomic mass is 35.5. The van der Waals surface area contributed by atoms with Crippen LogP contribution in [0.2, 0.25) is 15.1 Å². The van der Waals surface area contributed by atoms with Gasteiger partial charge in [-0.15, -0.1) is 0 Å². The van der Waals surface area contributed by atoms with Crippen LogP contribution in [0.5, 0.6) is 11.5 Å². The molecule has 1 aromatic heterocycles. The van der Waals surface area contributed by atoms with Crippen molar-refractivity contribution in [2.45, 2.75) is 26.5 Å². The number of hydrogen-bond donors (Lipinski definition) is 0. The number of halogens is 3. The maximum absolute atomic E-state index is 14.2. The van der Waals surface area contributed by atoms with Crippen LogP contribution in [0.1, 0.15) is 42.1 Å². The number of rotatable bonds is 10. The summed E-state index contributed by atoms with van der Waals surface area (Å²) in [6.07, 6.45) is 1.78. The van der Waals surface area contributed by atoms with Crippen LogP contribution in [-0.4, -0.2) is 23.8 Å². The van der Waals surface area contributed by atoms with Crippen LogP contribution in [0.25, 0.3) is 11.8 Å². The number of fused-ring (bicyclic) bond motifs is 1. The number of carbonyl (C=O) groups excluding carboxylic acids is 1. The molecule has 0 radical (unpaired) electrons. The highest BCUT2D eigenvalue weighted by Gasteiger charge is 2.35. The van der Waals surface area contributed by atoms with Crippen LogP contribution in [0, 0.1) is 0 Å². The quantitative estimate of drug-likeness (QED) is 0.137. The molecular weight excluding hydrogens is 691 g/mol. The number of esters is 1. The molecule has 0 saturated carbocycles. The molecule has 0 spiro atoms. The summed E-state index contributed by atoms with van der Waals surface area (Å²) < 4.78 is 19.5. The van der Waals surface area contributed by atoms with E-state index in [-0.39, 0.29) is 24.3 Å². The summed E-state index contributed by atoms with van der Waals surface area (Å²) in [5.74, 6) is 0.511. The maximum Gasteiger partial charge on any atom is 0.338 e. The fraction of sp³-hybridized carbons (Fsp3) is 0.162. The lowest BCUT2D eigenvalue weighted by atomic mass is 9.93. The zero-order chi connectivity index (χ0) is 33.8. The number of benzene rings is 4. The van der Waals surface area contributed by atoms with Gasteiger partial charge in [0.15, 0.2) is 16.3 Å². The summed E-state index contributed by atoms with van der Waals surface area (Å²) in [5.41, 5.74) is 3.42. The summed E-state index contributed by atoms with van der Waals surface area (Å²) in [4.78, 5) is 33.2. The topological polar surface area (TPSA) is 79.1 Å². The molecule has 7 nitrogen and oxygen atoms in total. The van der Waals surface area contributed by atoms with E-state index in [0.29, 0.717) is 53.8 Å². The Morgan fingerprint density at radius 3 is 2.35 bits per heavy atom. The predicted molar refractivity (Wildman–Crippen MR) is 191 cm³/mol. The van der Waals surface area contributed by atoms with E-state index in [2.05, 4.69) is 0 Å². The first-order valence-electron chi connectivity index (χ1n) is 15.1. The predicted octanol–water partition coefficient (Wildman–Crippen LogP) is 7.87. The van der Waals surface area contributed by atoms with Crippen LogP contribution in [0.15, 0.2) is 106 Å². The third-order valence-electron chi connectivity index (χ3n) is 7.50. The molecule has 0 unspecified atom stereocenters. The average Bonchev–Trinajstić information content (AvgIpc) is 3.40. The van der Waals surface area contributed by atoms with Crippen molar-refractivity contribution < 1.29 is 19.0 Å². The van der Waals surface area contributed by atoms with Crippen molar-refractivity contribution >= 4 is 63.9 Å². The van der Waals surface area contributed by atoms with E-state index in [4.69, 9.17) is 54.0 Å². The van der Waals surface area contributed by atoms with Gasteiger partial charge in [0.2, 0.25) is 0 Å². The van der Waals surface area contributed by atoms with Crippen LogP contribution >= 0.6 is 46.1 Å². The first-order chi connectivity index (χ1) is 23.3. The van der Waals surface area contributed by atoms with Crippen molar-refractivity contribution in [2.24, 2.45) is 4.99 Å². The van der Waals surface area contributed by atoms with Gasteiger partial charge in [0.1, 0.15) is 6.61 Å². The molecule has 11 heteroatoms. The highest BCUT2D eigenvalue weighted by Crippen LogP contribution is 2.36. The molecule has 0 N–H and O–H groups in total. The molecule has 1 atom stereocenters. The van der Waals surface area contributed by atoms with Crippen LogP contribution in [0.4, 0.5) is 0 Å². The second-order valence-corrected chi connectivity index (χ2v) is 12.9. The van der Waals surface area contributed by atoms with Gasteiger partial charge in [0.05, 0.1) is 45.1 Å². The molecule has 6 rings (SSSR count). The van der Waals surface area contributed by atoms with Crippen molar-refractivity contribution in [1.82, 2.24) is 4.57 Å². The van der Waals surface area contributed by atoms with Crippen molar-refractivity contribution in [2.75, 3.05) is 13.2 Å². The Labute approximate surface area is 295 Å². The zero-order valence-electron chi connectivity index (χ0n) is 25.9. The Balaban J connectivity index is 1.46. The molecule has 0 aliphatic carbocycles. The fourth-order valence-corrected chi connectivity index (χ4v) is 6.79.